The van der Waals surface area contributed by atoms with Gasteiger partial charge in [-0.1, -0.05) is 12.1 Å². The number of hydrogen-bond acceptors (Lipinski definition) is 3. The van der Waals surface area contributed by atoms with E-state index in [4.69, 9.17) is 4.74 Å². The third-order valence-corrected chi connectivity index (χ3v) is 4.76. The van der Waals surface area contributed by atoms with Crippen molar-refractivity contribution in [2.45, 2.75) is 19.0 Å². The van der Waals surface area contributed by atoms with Crippen LogP contribution >= 0.6 is 0 Å². The van der Waals surface area contributed by atoms with E-state index in [1.54, 1.807) is 0 Å². The van der Waals surface area contributed by atoms with Crippen molar-refractivity contribution in [3.05, 3.63) is 89.2 Å². The van der Waals surface area contributed by atoms with E-state index in [0.29, 0.717) is 16.9 Å². The molecule has 0 atom stereocenters. The van der Waals surface area contributed by atoms with Crippen LogP contribution in [0.1, 0.15) is 16.8 Å². The van der Waals surface area contributed by atoms with Crippen LogP contribution in [0, 0.1) is 11.6 Å². The smallest absolute Gasteiger partial charge is 0.417 e. The molecule has 1 amide bonds. The highest BCUT2D eigenvalue weighted by Crippen LogP contribution is 2.29. The van der Waals surface area contributed by atoms with Crippen molar-refractivity contribution in [1.82, 2.24) is 4.98 Å². The summed E-state index contributed by atoms with van der Waals surface area (Å²) in [5.74, 6) is -1.46. The molecular formula is C23H19F5N2O2. The maximum atomic E-state index is 13.8. The number of methoxy groups -OCH3 is 1. The maximum Gasteiger partial charge on any atom is 0.417 e. The summed E-state index contributed by atoms with van der Waals surface area (Å²) in [6, 6.07) is 11.5. The Labute approximate surface area is 181 Å². The van der Waals surface area contributed by atoms with Gasteiger partial charge in [0.15, 0.2) is 11.6 Å². The Morgan fingerprint density at radius 1 is 1.03 bits per heavy atom. The summed E-state index contributed by atoms with van der Waals surface area (Å²) in [7, 11) is 1.29. The maximum absolute atomic E-state index is 13.8. The van der Waals surface area contributed by atoms with E-state index in [1.165, 1.54) is 54.5 Å². The highest BCUT2D eigenvalue weighted by atomic mass is 19.4. The largest absolute Gasteiger partial charge is 0.494 e. The standard InChI is InChI=1S/C23H19F5N2O2/c1-32-21-13-19(8-9-20(21)25)30(22(31)12-15-2-5-17(24)6-3-15)11-10-18-7-4-16(14-29-18)23(26,27)28/h2-9,13-14H,10-12H2,1H3. The molecule has 3 rings (SSSR count). The topological polar surface area (TPSA) is 42.4 Å². The molecule has 3 aromatic rings. The average molecular weight is 450 g/mol. The van der Waals surface area contributed by atoms with Gasteiger partial charge in [0.1, 0.15) is 5.82 Å². The molecule has 1 aromatic heterocycles. The number of aromatic nitrogens is 1. The molecule has 0 aliphatic carbocycles. The van der Waals surface area contributed by atoms with Gasteiger partial charge in [-0.25, -0.2) is 8.78 Å². The number of rotatable bonds is 7. The SMILES string of the molecule is COc1cc(N(CCc2ccc(C(F)(F)F)cn2)C(=O)Cc2ccc(F)cc2)ccc1F. The Morgan fingerprint density at radius 3 is 2.34 bits per heavy atom. The van der Waals surface area contributed by atoms with Gasteiger partial charge in [-0.05, 0) is 42.0 Å². The summed E-state index contributed by atoms with van der Waals surface area (Å²) in [4.78, 5) is 18.2. The van der Waals surface area contributed by atoms with Crippen molar-refractivity contribution in [2.75, 3.05) is 18.6 Å². The molecule has 32 heavy (non-hydrogen) atoms. The first-order chi connectivity index (χ1) is 15.2. The Bertz CT molecular complexity index is 1070. The lowest BCUT2D eigenvalue weighted by molar-refractivity contribution is -0.137. The van der Waals surface area contributed by atoms with Gasteiger partial charge >= 0.3 is 6.18 Å². The van der Waals surface area contributed by atoms with Gasteiger partial charge < -0.3 is 9.64 Å². The highest BCUT2D eigenvalue weighted by Gasteiger charge is 2.30. The lowest BCUT2D eigenvalue weighted by atomic mass is 10.1. The van der Waals surface area contributed by atoms with E-state index < -0.39 is 23.4 Å². The first-order valence-corrected chi connectivity index (χ1v) is 9.58. The van der Waals surface area contributed by atoms with E-state index >= 15 is 0 Å². The van der Waals surface area contributed by atoms with Crippen LogP contribution in [0.15, 0.2) is 60.8 Å². The van der Waals surface area contributed by atoms with Crippen LogP contribution in [0.4, 0.5) is 27.6 Å². The molecule has 1 heterocycles. The number of carbonyl (C=O) groups excluding carboxylic acids is 1. The van der Waals surface area contributed by atoms with Crippen molar-refractivity contribution in [1.29, 1.82) is 0 Å². The second-order valence-corrected chi connectivity index (χ2v) is 6.95. The number of hydrogen-bond donors (Lipinski definition) is 0. The molecule has 0 aliphatic rings. The van der Waals surface area contributed by atoms with Crippen LogP contribution in [-0.4, -0.2) is 24.5 Å². The zero-order valence-corrected chi connectivity index (χ0v) is 17.0. The van der Waals surface area contributed by atoms with Gasteiger partial charge in [0.2, 0.25) is 5.91 Å². The molecule has 2 aromatic carbocycles. The molecule has 0 radical (unpaired) electrons. The number of benzene rings is 2. The zero-order valence-electron chi connectivity index (χ0n) is 17.0. The predicted molar refractivity (Wildman–Crippen MR) is 108 cm³/mol. The first kappa shape index (κ1) is 23.2. The van der Waals surface area contributed by atoms with E-state index in [0.717, 1.165) is 18.3 Å². The molecule has 0 saturated heterocycles. The number of alkyl halides is 3. The molecule has 0 fully saturated rings. The fourth-order valence-electron chi connectivity index (χ4n) is 3.05. The second-order valence-electron chi connectivity index (χ2n) is 6.95. The molecule has 0 spiro atoms. The van der Waals surface area contributed by atoms with E-state index in [1.807, 2.05) is 0 Å². The third-order valence-electron chi connectivity index (χ3n) is 4.76. The van der Waals surface area contributed by atoms with Crippen LogP contribution in [0.5, 0.6) is 5.75 Å². The van der Waals surface area contributed by atoms with Crippen LogP contribution in [0.3, 0.4) is 0 Å². The zero-order chi connectivity index (χ0) is 23.3. The fourth-order valence-corrected chi connectivity index (χ4v) is 3.05. The Hall–Kier alpha value is -3.49. The summed E-state index contributed by atoms with van der Waals surface area (Å²) in [5, 5.41) is 0. The number of carbonyl (C=O) groups is 1. The van der Waals surface area contributed by atoms with Crippen molar-refractivity contribution in [2.24, 2.45) is 0 Å². The first-order valence-electron chi connectivity index (χ1n) is 9.58. The summed E-state index contributed by atoms with van der Waals surface area (Å²) in [6.07, 6.45) is -3.65. The van der Waals surface area contributed by atoms with Gasteiger partial charge in [-0.15, -0.1) is 0 Å². The van der Waals surface area contributed by atoms with Gasteiger partial charge in [-0.3, -0.25) is 9.78 Å². The lowest BCUT2D eigenvalue weighted by Crippen LogP contribution is -2.34. The summed E-state index contributed by atoms with van der Waals surface area (Å²) in [5.41, 5.74) is 0.408. The van der Waals surface area contributed by atoms with Crippen LogP contribution < -0.4 is 9.64 Å². The number of anilines is 1. The lowest BCUT2D eigenvalue weighted by Gasteiger charge is -2.24. The monoisotopic (exact) mass is 450 g/mol. The Kier molecular flexibility index (Phi) is 7.07. The summed E-state index contributed by atoms with van der Waals surface area (Å²) in [6.45, 7) is 0.0766. The van der Waals surface area contributed by atoms with Gasteiger partial charge in [0.25, 0.3) is 0 Å². The second kappa shape index (κ2) is 9.76. The molecule has 0 saturated carbocycles. The summed E-state index contributed by atoms with van der Waals surface area (Å²) >= 11 is 0. The molecule has 0 N–H and O–H groups in total. The minimum absolute atomic E-state index is 0.0551. The minimum Gasteiger partial charge on any atom is -0.494 e. The molecule has 0 bridgehead atoms. The van der Waals surface area contributed by atoms with Crippen LogP contribution in [0.25, 0.3) is 0 Å². The normalized spacial score (nSPS) is 11.3. The molecule has 4 nitrogen and oxygen atoms in total. The van der Waals surface area contributed by atoms with Crippen molar-refractivity contribution < 1.29 is 31.5 Å². The average Bonchev–Trinajstić information content (AvgIpc) is 2.76. The van der Waals surface area contributed by atoms with Crippen molar-refractivity contribution >= 4 is 11.6 Å². The van der Waals surface area contributed by atoms with E-state index in [-0.39, 0.29) is 31.0 Å². The highest BCUT2D eigenvalue weighted by molar-refractivity contribution is 5.95. The molecule has 0 unspecified atom stereocenters. The number of amides is 1. The molecule has 9 heteroatoms. The predicted octanol–water partition coefficient (Wildman–Crippen LogP) is 5.21. The van der Waals surface area contributed by atoms with E-state index in [2.05, 4.69) is 4.98 Å². The van der Waals surface area contributed by atoms with Gasteiger partial charge in [0, 0.05) is 36.6 Å². The summed E-state index contributed by atoms with van der Waals surface area (Å²) < 4.78 is 70.2. The van der Waals surface area contributed by atoms with Crippen LogP contribution in [0.2, 0.25) is 0 Å². The molecular weight excluding hydrogens is 431 g/mol. The van der Waals surface area contributed by atoms with Gasteiger partial charge in [0.05, 0.1) is 19.1 Å². The number of pyridine rings is 1. The molecule has 0 aliphatic heterocycles. The quantitative estimate of drug-likeness (QED) is 0.465. The van der Waals surface area contributed by atoms with Gasteiger partial charge in [-0.2, -0.15) is 13.2 Å². The third kappa shape index (κ3) is 5.81. The minimum atomic E-state index is -4.49. The number of nitrogens with zero attached hydrogens (tertiary/aromatic N) is 2. The Morgan fingerprint density at radius 2 is 1.75 bits per heavy atom. The van der Waals surface area contributed by atoms with Crippen molar-refractivity contribution in [3.8, 4) is 5.75 Å². The Balaban J connectivity index is 1.83. The van der Waals surface area contributed by atoms with Crippen LogP contribution in [-0.2, 0) is 23.8 Å². The van der Waals surface area contributed by atoms with Crippen molar-refractivity contribution in [3.63, 3.8) is 0 Å². The molecule has 168 valence electrons. The number of ether oxygens (including phenoxy) is 1. The fraction of sp³-hybridized carbons (Fsp3) is 0.217. The van der Waals surface area contributed by atoms with E-state index in [9.17, 15) is 26.7 Å². The number of halogens is 5.